The summed E-state index contributed by atoms with van der Waals surface area (Å²) >= 11 is 0. The van der Waals surface area contributed by atoms with E-state index in [1.807, 2.05) is 76.6 Å². The van der Waals surface area contributed by atoms with Crippen molar-refractivity contribution >= 4 is 32.7 Å². The second-order valence-electron chi connectivity index (χ2n) is 13.3. The first-order chi connectivity index (χ1) is 23.9. The van der Waals surface area contributed by atoms with Crippen molar-refractivity contribution in [3.05, 3.63) is 101 Å². The van der Waals surface area contributed by atoms with E-state index in [0.717, 1.165) is 38.9 Å². The van der Waals surface area contributed by atoms with Gasteiger partial charge in [-0.2, -0.15) is 4.31 Å². The van der Waals surface area contributed by atoms with Crippen LogP contribution in [0, 0.1) is 19.3 Å². The quantitative estimate of drug-likeness (QED) is 0.192. The lowest BCUT2D eigenvalue weighted by Crippen LogP contribution is -2.38. The number of aliphatic hydroxyl groups excluding tert-OH is 1. The Morgan fingerprint density at radius 3 is 2.52 bits per heavy atom. The van der Waals surface area contributed by atoms with Crippen LogP contribution >= 0.6 is 0 Å². The Kier molecular flexibility index (Phi) is 9.75. The van der Waals surface area contributed by atoms with Gasteiger partial charge in [-0.25, -0.2) is 23.1 Å². The van der Waals surface area contributed by atoms with Gasteiger partial charge in [0.15, 0.2) is 5.82 Å². The van der Waals surface area contributed by atoms with Gasteiger partial charge in [0.1, 0.15) is 28.9 Å². The molecule has 2 aromatic heterocycles. The molecule has 262 valence electrons. The molecule has 3 aromatic carbocycles. The van der Waals surface area contributed by atoms with Gasteiger partial charge in [-0.3, -0.25) is 4.79 Å². The van der Waals surface area contributed by atoms with E-state index in [-0.39, 0.29) is 42.4 Å². The highest BCUT2D eigenvalue weighted by molar-refractivity contribution is 7.89. The summed E-state index contributed by atoms with van der Waals surface area (Å²) in [6, 6.07) is 16.8. The van der Waals surface area contributed by atoms with Gasteiger partial charge in [0, 0.05) is 19.0 Å². The SMILES string of the molecule is CC[C@@H]1CN(Cc2cc([C@@H](c3ccc4c(nnn4CC)c3C)C(C)(C)C(=O)Nc3cnc(CO)nc3)ccc2C)S(=O)(=O)c2ccccc2O1. The lowest BCUT2D eigenvalue weighted by atomic mass is 9.69. The van der Waals surface area contributed by atoms with Gasteiger partial charge in [-0.1, -0.05) is 62.4 Å². The molecule has 0 unspecified atom stereocenters. The van der Waals surface area contributed by atoms with Crippen molar-refractivity contribution in [2.75, 3.05) is 11.9 Å². The van der Waals surface area contributed by atoms with Crippen LogP contribution in [0.4, 0.5) is 5.69 Å². The fourth-order valence-electron chi connectivity index (χ4n) is 6.67. The van der Waals surface area contributed by atoms with E-state index in [4.69, 9.17) is 4.74 Å². The molecule has 1 aliphatic heterocycles. The Balaban J connectivity index is 1.45. The van der Waals surface area contributed by atoms with Gasteiger partial charge in [-0.15, -0.1) is 5.10 Å². The van der Waals surface area contributed by atoms with Crippen molar-refractivity contribution in [3.8, 4) is 5.75 Å². The number of carbonyl (C=O) groups excluding carboxylic acids is 1. The third kappa shape index (κ3) is 6.48. The number of nitrogens with zero attached hydrogens (tertiary/aromatic N) is 6. The molecule has 0 fully saturated rings. The number of hydrogen-bond donors (Lipinski definition) is 2. The highest BCUT2D eigenvalue weighted by atomic mass is 32.2. The Morgan fingerprint density at radius 1 is 1.08 bits per heavy atom. The van der Waals surface area contributed by atoms with Crippen molar-refractivity contribution in [1.29, 1.82) is 0 Å². The smallest absolute Gasteiger partial charge is 0.247 e. The topological polar surface area (TPSA) is 152 Å². The zero-order chi connectivity index (χ0) is 35.8. The number of aryl methyl sites for hydroxylation is 3. The number of sulfonamides is 1. The Morgan fingerprint density at radius 2 is 1.82 bits per heavy atom. The Hall–Kier alpha value is -4.72. The number of aromatic nitrogens is 5. The summed E-state index contributed by atoms with van der Waals surface area (Å²) in [5, 5.41) is 21.2. The molecule has 0 radical (unpaired) electrons. The average Bonchev–Trinajstić information content (AvgIpc) is 3.50. The molecule has 12 nitrogen and oxygen atoms in total. The summed E-state index contributed by atoms with van der Waals surface area (Å²) in [6.45, 7) is 12.4. The first kappa shape index (κ1) is 35.1. The number of anilines is 1. The van der Waals surface area contributed by atoms with Crippen LogP contribution in [0.1, 0.15) is 73.7 Å². The first-order valence-electron chi connectivity index (χ1n) is 16.8. The van der Waals surface area contributed by atoms with Crippen LogP contribution in [-0.2, 0) is 34.5 Å². The average molecular weight is 698 g/mol. The van der Waals surface area contributed by atoms with E-state index < -0.39 is 21.4 Å². The minimum atomic E-state index is -3.88. The van der Waals surface area contributed by atoms with Crippen molar-refractivity contribution in [2.45, 2.75) is 84.6 Å². The number of para-hydroxylation sites is 1. The molecule has 1 aliphatic rings. The zero-order valence-electron chi connectivity index (χ0n) is 29.2. The molecule has 13 heteroatoms. The third-order valence-electron chi connectivity index (χ3n) is 9.68. The van der Waals surface area contributed by atoms with Gasteiger partial charge in [-0.05, 0) is 73.2 Å². The lowest BCUT2D eigenvalue weighted by Gasteiger charge is -2.35. The summed E-state index contributed by atoms with van der Waals surface area (Å²) in [6.07, 6.45) is 3.27. The van der Waals surface area contributed by atoms with Crippen molar-refractivity contribution in [3.63, 3.8) is 0 Å². The summed E-state index contributed by atoms with van der Waals surface area (Å²) in [4.78, 5) is 22.6. The fraction of sp³-hybridized carbons (Fsp3) is 0.378. The number of ether oxygens (including phenoxy) is 1. The van der Waals surface area contributed by atoms with Crippen LogP contribution in [-0.4, -0.2) is 61.3 Å². The summed E-state index contributed by atoms with van der Waals surface area (Å²) in [5.74, 6) is -0.134. The number of aliphatic hydroxyl groups is 1. The highest BCUT2D eigenvalue weighted by Gasteiger charge is 2.41. The maximum Gasteiger partial charge on any atom is 0.247 e. The highest BCUT2D eigenvalue weighted by Crippen LogP contribution is 2.45. The van der Waals surface area contributed by atoms with Crippen molar-refractivity contribution in [1.82, 2.24) is 29.3 Å². The molecule has 0 bridgehead atoms. The third-order valence-corrected chi connectivity index (χ3v) is 11.5. The largest absolute Gasteiger partial charge is 0.488 e. The van der Waals surface area contributed by atoms with Crippen LogP contribution < -0.4 is 10.1 Å². The molecule has 3 heterocycles. The van der Waals surface area contributed by atoms with Crippen LogP contribution in [0.5, 0.6) is 5.75 Å². The Labute approximate surface area is 292 Å². The van der Waals surface area contributed by atoms with Gasteiger partial charge < -0.3 is 15.2 Å². The van der Waals surface area contributed by atoms with Gasteiger partial charge >= 0.3 is 0 Å². The predicted octanol–water partition coefficient (Wildman–Crippen LogP) is 5.51. The molecular weight excluding hydrogens is 655 g/mol. The van der Waals surface area contributed by atoms with Gasteiger partial charge in [0.2, 0.25) is 15.9 Å². The molecule has 0 aliphatic carbocycles. The van der Waals surface area contributed by atoms with Crippen LogP contribution in [0.3, 0.4) is 0 Å². The van der Waals surface area contributed by atoms with E-state index >= 15 is 0 Å². The number of nitrogens with one attached hydrogen (secondary N) is 1. The molecule has 2 atom stereocenters. The molecule has 1 amide bonds. The molecule has 2 N–H and O–H groups in total. The monoisotopic (exact) mass is 697 g/mol. The summed E-state index contributed by atoms with van der Waals surface area (Å²) in [5.41, 5.74) is 5.42. The molecule has 6 rings (SSSR count). The summed E-state index contributed by atoms with van der Waals surface area (Å²) < 4.78 is 37.6. The van der Waals surface area contributed by atoms with E-state index in [9.17, 15) is 18.3 Å². The van der Waals surface area contributed by atoms with Crippen LogP contribution in [0.25, 0.3) is 11.0 Å². The fourth-order valence-corrected chi connectivity index (χ4v) is 8.24. The molecule has 50 heavy (non-hydrogen) atoms. The predicted molar refractivity (Wildman–Crippen MR) is 190 cm³/mol. The summed E-state index contributed by atoms with van der Waals surface area (Å²) in [7, 11) is -3.88. The van der Waals surface area contributed by atoms with Crippen LogP contribution in [0.15, 0.2) is 71.9 Å². The number of benzene rings is 3. The van der Waals surface area contributed by atoms with E-state index in [0.29, 0.717) is 24.4 Å². The van der Waals surface area contributed by atoms with Crippen molar-refractivity contribution in [2.24, 2.45) is 5.41 Å². The van der Waals surface area contributed by atoms with Crippen LogP contribution in [0.2, 0.25) is 0 Å². The first-order valence-corrected chi connectivity index (χ1v) is 18.2. The molecule has 5 aromatic rings. The second-order valence-corrected chi connectivity index (χ2v) is 15.2. The second kappa shape index (κ2) is 13.9. The molecular formula is C37H43N7O5S. The minimum absolute atomic E-state index is 0.132. The van der Waals surface area contributed by atoms with Gasteiger partial charge in [0.25, 0.3) is 0 Å². The lowest BCUT2D eigenvalue weighted by molar-refractivity contribution is -0.124. The zero-order valence-corrected chi connectivity index (χ0v) is 30.0. The number of hydrogen-bond acceptors (Lipinski definition) is 9. The van der Waals surface area contributed by atoms with E-state index in [1.165, 1.54) is 16.7 Å². The minimum Gasteiger partial charge on any atom is -0.488 e. The molecule has 0 saturated heterocycles. The van der Waals surface area contributed by atoms with Crippen molar-refractivity contribution < 1.29 is 23.1 Å². The standard InChI is InChI=1S/C37H43N7O5S/c1-7-28-21-43(50(47,48)32-12-10-9-11-31(32)49-28)20-26-17-25(14-13-23(26)3)34(29-15-16-30-35(24(29)4)41-42-44(30)8-2)37(5,6)36(46)40-27-18-38-33(22-45)39-19-27/h9-19,28,34,45H,7-8,20-22H2,1-6H3,(H,40,46)/t28-,34+/m1/s1. The maximum absolute atomic E-state index is 14.2. The number of carbonyl (C=O) groups is 1. The molecule has 0 spiro atoms. The molecule has 0 saturated carbocycles. The Bertz CT molecular complexity index is 2150. The maximum atomic E-state index is 14.2. The van der Waals surface area contributed by atoms with E-state index in [2.05, 4.69) is 25.6 Å². The number of amides is 1. The number of fused-ring (bicyclic) bond motifs is 2. The van der Waals surface area contributed by atoms with Gasteiger partial charge in [0.05, 0.1) is 35.6 Å². The normalized spacial score (nSPS) is 16.7. The number of rotatable bonds is 10. The van der Waals surface area contributed by atoms with E-state index in [1.54, 1.807) is 24.3 Å².